The molecular weight excluding hydrogens is 220 g/mol. The molecule has 0 radical (unpaired) electrons. The van der Waals surface area contributed by atoms with Crippen LogP contribution in [0.2, 0.25) is 0 Å². The zero-order chi connectivity index (χ0) is 13.0. The fourth-order valence-corrected chi connectivity index (χ4v) is 2.48. The van der Waals surface area contributed by atoms with Crippen LogP contribution in [0, 0.1) is 0 Å². The SMILES string of the molecule is CCCCN1C=CN(C(C)C)C1c1ccccc1. The highest BCUT2D eigenvalue weighted by Crippen LogP contribution is 2.32. The van der Waals surface area contributed by atoms with E-state index in [4.69, 9.17) is 0 Å². The fourth-order valence-electron chi connectivity index (χ4n) is 2.48. The van der Waals surface area contributed by atoms with Gasteiger partial charge in [0.05, 0.1) is 0 Å². The molecule has 0 fully saturated rings. The second-order valence-electron chi connectivity index (χ2n) is 5.21. The number of hydrogen-bond donors (Lipinski definition) is 0. The van der Waals surface area contributed by atoms with Gasteiger partial charge in [0.1, 0.15) is 6.17 Å². The first-order chi connectivity index (χ1) is 8.74. The Hall–Kier alpha value is -1.44. The summed E-state index contributed by atoms with van der Waals surface area (Å²) in [5.41, 5.74) is 1.38. The van der Waals surface area contributed by atoms with Crippen molar-refractivity contribution in [3.8, 4) is 0 Å². The minimum atomic E-state index is 0.373. The van der Waals surface area contributed by atoms with Crippen LogP contribution in [0.15, 0.2) is 42.7 Å². The van der Waals surface area contributed by atoms with Gasteiger partial charge in [0.25, 0.3) is 0 Å². The van der Waals surface area contributed by atoms with Gasteiger partial charge in [0.2, 0.25) is 0 Å². The van der Waals surface area contributed by atoms with Gasteiger partial charge in [-0.2, -0.15) is 0 Å². The predicted molar refractivity (Wildman–Crippen MR) is 76.9 cm³/mol. The van der Waals surface area contributed by atoms with E-state index in [0.717, 1.165) is 6.54 Å². The first kappa shape index (κ1) is 13.0. The maximum atomic E-state index is 2.46. The summed E-state index contributed by atoms with van der Waals surface area (Å²) < 4.78 is 0. The molecule has 0 aliphatic carbocycles. The van der Waals surface area contributed by atoms with Gasteiger partial charge in [-0.15, -0.1) is 0 Å². The van der Waals surface area contributed by atoms with Gasteiger partial charge in [-0.05, 0) is 25.8 Å². The maximum absolute atomic E-state index is 2.46. The molecule has 2 rings (SSSR count). The first-order valence-corrected chi connectivity index (χ1v) is 7.00. The number of nitrogens with zero attached hydrogens (tertiary/aromatic N) is 2. The molecule has 1 heterocycles. The molecule has 1 atom stereocenters. The Morgan fingerprint density at radius 1 is 1.11 bits per heavy atom. The topological polar surface area (TPSA) is 6.48 Å². The standard InChI is InChI=1S/C16H24N2/c1-4-5-11-17-12-13-18(14(2)3)16(17)15-9-7-6-8-10-15/h6-10,12-14,16H,4-5,11H2,1-3H3. The molecule has 1 unspecified atom stereocenters. The number of unbranched alkanes of at least 4 members (excludes halogenated alkanes) is 1. The van der Waals surface area contributed by atoms with Crippen LogP contribution in [0.5, 0.6) is 0 Å². The third kappa shape index (κ3) is 2.69. The molecule has 0 N–H and O–H groups in total. The second kappa shape index (κ2) is 5.94. The Bertz CT molecular complexity index is 383. The van der Waals surface area contributed by atoms with E-state index in [2.05, 4.69) is 73.3 Å². The molecule has 0 bridgehead atoms. The van der Waals surface area contributed by atoms with Crippen molar-refractivity contribution in [2.75, 3.05) is 6.54 Å². The van der Waals surface area contributed by atoms with Gasteiger partial charge >= 0.3 is 0 Å². The third-order valence-electron chi connectivity index (χ3n) is 3.49. The number of benzene rings is 1. The lowest BCUT2D eigenvalue weighted by molar-refractivity contribution is 0.126. The van der Waals surface area contributed by atoms with Gasteiger partial charge < -0.3 is 9.80 Å². The Labute approximate surface area is 111 Å². The van der Waals surface area contributed by atoms with Gasteiger partial charge in [-0.1, -0.05) is 43.7 Å². The monoisotopic (exact) mass is 244 g/mol. The highest BCUT2D eigenvalue weighted by atomic mass is 15.4. The first-order valence-electron chi connectivity index (χ1n) is 7.00. The van der Waals surface area contributed by atoms with Crippen molar-refractivity contribution < 1.29 is 0 Å². The summed E-state index contributed by atoms with van der Waals surface area (Å²) in [4.78, 5) is 4.89. The highest BCUT2D eigenvalue weighted by molar-refractivity contribution is 5.22. The van der Waals surface area contributed by atoms with Crippen molar-refractivity contribution in [3.63, 3.8) is 0 Å². The number of rotatable bonds is 5. The van der Waals surface area contributed by atoms with Crippen LogP contribution in [0.3, 0.4) is 0 Å². The smallest absolute Gasteiger partial charge is 0.127 e. The Morgan fingerprint density at radius 2 is 1.83 bits per heavy atom. The normalized spacial score (nSPS) is 19.0. The van der Waals surface area contributed by atoms with Crippen LogP contribution in [-0.2, 0) is 0 Å². The van der Waals surface area contributed by atoms with Crippen LogP contribution in [0.25, 0.3) is 0 Å². The van der Waals surface area contributed by atoms with E-state index in [1.807, 2.05) is 0 Å². The molecule has 98 valence electrons. The Morgan fingerprint density at radius 3 is 2.44 bits per heavy atom. The summed E-state index contributed by atoms with van der Waals surface area (Å²) in [7, 11) is 0. The van der Waals surface area contributed by atoms with E-state index in [-0.39, 0.29) is 0 Å². The molecule has 1 aliphatic heterocycles. The van der Waals surface area contributed by atoms with Crippen molar-refractivity contribution in [2.24, 2.45) is 0 Å². The van der Waals surface area contributed by atoms with Crippen LogP contribution in [-0.4, -0.2) is 22.4 Å². The van der Waals surface area contributed by atoms with Crippen molar-refractivity contribution in [1.29, 1.82) is 0 Å². The maximum Gasteiger partial charge on any atom is 0.127 e. The molecule has 1 aromatic rings. The van der Waals surface area contributed by atoms with Gasteiger partial charge in [0, 0.05) is 25.0 Å². The molecule has 2 heteroatoms. The van der Waals surface area contributed by atoms with Crippen molar-refractivity contribution in [1.82, 2.24) is 9.80 Å². The van der Waals surface area contributed by atoms with Gasteiger partial charge in [-0.3, -0.25) is 0 Å². The molecular formula is C16H24N2. The average molecular weight is 244 g/mol. The summed E-state index contributed by atoms with van der Waals surface area (Å²) in [5.74, 6) is 0. The van der Waals surface area contributed by atoms with Crippen molar-refractivity contribution in [2.45, 2.75) is 45.8 Å². The summed E-state index contributed by atoms with van der Waals surface area (Å²) in [6.07, 6.45) is 7.34. The molecule has 0 spiro atoms. The van der Waals surface area contributed by atoms with Crippen LogP contribution >= 0.6 is 0 Å². The van der Waals surface area contributed by atoms with E-state index >= 15 is 0 Å². The van der Waals surface area contributed by atoms with E-state index in [1.165, 1.54) is 18.4 Å². The van der Waals surface area contributed by atoms with E-state index < -0.39 is 0 Å². The van der Waals surface area contributed by atoms with Crippen molar-refractivity contribution in [3.05, 3.63) is 48.3 Å². The number of hydrogen-bond acceptors (Lipinski definition) is 2. The zero-order valence-electron chi connectivity index (χ0n) is 11.7. The minimum Gasteiger partial charge on any atom is -0.352 e. The molecule has 0 saturated carbocycles. The van der Waals surface area contributed by atoms with Gasteiger partial charge in [0.15, 0.2) is 0 Å². The summed E-state index contributed by atoms with van der Waals surface area (Å²) >= 11 is 0. The second-order valence-corrected chi connectivity index (χ2v) is 5.21. The highest BCUT2D eigenvalue weighted by Gasteiger charge is 2.28. The zero-order valence-corrected chi connectivity index (χ0v) is 11.7. The average Bonchev–Trinajstić information content (AvgIpc) is 2.81. The molecule has 18 heavy (non-hydrogen) atoms. The van der Waals surface area contributed by atoms with E-state index in [0.29, 0.717) is 12.2 Å². The molecule has 0 saturated heterocycles. The Kier molecular flexibility index (Phi) is 4.29. The van der Waals surface area contributed by atoms with Gasteiger partial charge in [-0.25, -0.2) is 0 Å². The lowest BCUT2D eigenvalue weighted by Crippen LogP contribution is -2.35. The van der Waals surface area contributed by atoms with Crippen LogP contribution < -0.4 is 0 Å². The Balaban J connectivity index is 2.19. The summed E-state index contributed by atoms with van der Waals surface area (Å²) in [5, 5.41) is 0. The summed E-state index contributed by atoms with van der Waals surface area (Å²) in [6.45, 7) is 7.89. The van der Waals surface area contributed by atoms with Crippen LogP contribution in [0.4, 0.5) is 0 Å². The minimum absolute atomic E-state index is 0.373. The molecule has 2 nitrogen and oxygen atoms in total. The quantitative estimate of drug-likeness (QED) is 0.773. The van der Waals surface area contributed by atoms with Crippen LogP contribution in [0.1, 0.15) is 45.3 Å². The summed E-state index contributed by atoms with van der Waals surface area (Å²) in [6, 6.07) is 11.3. The lowest BCUT2D eigenvalue weighted by atomic mass is 10.1. The third-order valence-corrected chi connectivity index (χ3v) is 3.49. The largest absolute Gasteiger partial charge is 0.352 e. The molecule has 0 aromatic heterocycles. The molecule has 1 aliphatic rings. The van der Waals surface area contributed by atoms with E-state index in [9.17, 15) is 0 Å². The van der Waals surface area contributed by atoms with Crippen molar-refractivity contribution >= 4 is 0 Å². The lowest BCUT2D eigenvalue weighted by Gasteiger charge is -2.35. The predicted octanol–water partition coefficient (Wildman–Crippen LogP) is 3.98. The fraction of sp³-hybridized carbons (Fsp3) is 0.500. The van der Waals surface area contributed by atoms with E-state index in [1.54, 1.807) is 0 Å². The molecule has 1 aromatic carbocycles. The molecule has 0 amide bonds.